The largest absolute Gasteiger partial charge is 0.354 e. The molecule has 1 heterocycles. The number of nitrogens with two attached hydrogens (primary N) is 1. The molecule has 0 saturated carbocycles. The molecule has 3 N–H and O–H groups in total. The topological polar surface area (TPSA) is 107 Å². The van der Waals surface area contributed by atoms with Gasteiger partial charge in [0.1, 0.15) is 9.84 Å². The molecule has 1 unspecified atom stereocenters. The van der Waals surface area contributed by atoms with Crippen molar-refractivity contribution in [2.75, 3.05) is 18.6 Å². The van der Waals surface area contributed by atoms with Gasteiger partial charge >= 0.3 is 0 Å². The molecule has 1 amide bonds. The van der Waals surface area contributed by atoms with Crippen molar-refractivity contribution in [1.29, 1.82) is 0 Å². The van der Waals surface area contributed by atoms with Crippen molar-refractivity contribution >= 4 is 15.7 Å². The highest BCUT2D eigenvalue weighted by atomic mass is 32.2. The maximum atomic E-state index is 11.6. The van der Waals surface area contributed by atoms with Gasteiger partial charge < -0.3 is 11.1 Å². The van der Waals surface area contributed by atoms with Crippen LogP contribution in [0.2, 0.25) is 0 Å². The number of rotatable bonds is 7. The second-order valence-electron chi connectivity index (χ2n) is 4.55. The molecule has 0 bridgehead atoms. The minimum atomic E-state index is -3.09. The zero-order valence-corrected chi connectivity index (χ0v) is 12.0. The Morgan fingerprint density at radius 1 is 1.58 bits per heavy atom. The normalized spacial score (nSPS) is 13.2. The molecule has 0 spiro atoms. The van der Waals surface area contributed by atoms with Crippen LogP contribution in [-0.4, -0.2) is 48.7 Å². The Balaban J connectivity index is 2.27. The number of sulfone groups is 1. The number of aromatic nitrogens is 2. The summed E-state index contributed by atoms with van der Waals surface area (Å²) >= 11 is 0. The number of hydrogen-bond donors (Lipinski definition) is 2. The van der Waals surface area contributed by atoms with Crippen molar-refractivity contribution < 1.29 is 13.2 Å². The molecule has 0 radical (unpaired) electrons. The van der Waals surface area contributed by atoms with Gasteiger partial charge in [-0.1, -0.05) is 0 Å². The van der Waals surface area contributed by atoms with E-state index in [1.807, 2.05) is 19.3 Å². The smallest absolute Gasteiger partial charge is 0.236 e. The Kier molecular flexibility index (Phi) is 5.49. The number of carbonyl (C=O) groups excluding carboxylic acids is 1. The predicted octanol–water partition coefficient (Wildman–Crippen LogP) is -1.16. The van der Waals surface area contributed by atoms with Crippen molar-refractivity contribution in [2.24, 2.45) is 12.8 Å². The van der Waals surface area contributed by atoms with Crippen LogP contribution in [0, 0.1) is 0 Å². The lowest BCUT2D eigenvalue weighted by Gasteiger charge is -2.11. The standard InChI is InChI=1S/C11H20N4O3S/c1-15-7-4-9(14-15)3-6-13-11(16)10(12)5-8-19(2,17)18/h4,7,10H,3,5-6,8,12H2,1-2H3,(H,13,16). The molecular formula is C11H20N4O3S. The predicted molar refractivity (Wildman–Crippen MR) is 72.2 cm³/mol. The molecule has 0 aliphatic heterocycles. The summed E-state index contributed by atoms with van der Waals surface area (Å²) in [6, 6.07) is 1.08. The van der Waals surface area contributed by atoms with E-state index in [1.165, 1.54) is 0 Å². The van der Waals surface area contributed by atoms with Gasteiger partial charge in [-0.3, -0.25) is 9.48 Å². The van der Waals surface area contributed by atoms with E-state index in [-0.39, 0.29) is 18.1 Å². The first kappa shape index (κ1) is 15.6. The third-order valence-electron chi connectivity index (χ3n) is 2.59. The van der Waals surface area contributed by atoms with Gasteiger partial charge in [-0.2, -0.15) is 5.10 Å². The third-order valence-corrected chi connectivity index (χ3v) is 3.56. The van der Waals surface area contributed by atoms with E-state index < -0.39 is 15.9 Å². The molecule has 1 rings (SSSR count). The minimum absolute atomic E-state index is 0.0815. The number of hydrogen-bond acceptors (Lipinski definition) is 5. The van der Waals surface area contributed by atoms with Crippen molar-refractivity contribution in [3.63, 3.8) is 0 Å². The molecule has 0 aliphatic rings. The first-order valence-corrected chi connectivity index (χ1v) is 8.03. The molecule has 0 saturated heterocycles. The first-order valence-electron chi connectivity index (χ1n) is 5.97. The lowest BCUT2D eigenvalue weighted by atomic mass is 10.2. The molecule has 1 aromatic rings. The van der Waals surface area contributed by atoms with Gasteiger partial charge in [-0.05, 0) is 12.5 Å². The molecule has 0 fully saturated rings. The van der Waals surface area contributed by atoms with E-state index in [2.05, 4.69) is 10.4 Å². The van der Waals surface area contributed by atoms with Crippen molar-refractivity contribution in [3.05, 3.63) is 18.0 Å². The van der Waals surface area contributed by atoms with Crippen LogP contribution in [0.1, 0.15) is 12.1 Å². The number of amides is 1. The highest BCUT2D eigenvalue weighted by Crippen LogP contribution is 1.96. The maximum absolute atomic E-state index is 11.6. The summed E-state index contributed by atoms with van der Waals surface area (Å²) in [5.41, 5.74) is 6.49. The molecule has 0 aliphatic carbocycles. The van der Waals surface area contributed by atoms with Gasteiger partial charge in [0.05, 0.1) is 17.5 Å². The van der Waals surface area contributed by atoms with Crippen LogP contribution < -0.4 is 11.1 Å². The molecule has 8 heteroatoms. The average Bonchev–Trinajstić information content (AvgIpc) is 2.71. The van der Waals surface area contributed by atoms with Crippen molar-refractivity contribution in [1.82, 2.24) is 15.1 Å². The first-order chi connectivity index (χ1) is 8.78. The van der Waals surface area contributed by atoms with Crippen LogP contribution >= 0.6 is 0 Å². The van der Waals surface area contributed by atoms with E-state index in [9.17, 15) is 13.2 Å². The fourth-order valence-electron chi connectivity index (χ4n) is 1.51. The van der Waals surface area contributed by atoms with Gasteiger partial charge in [0, 0.05) is 32.5 Å². The Hall–Kier alpha value is -1.41. The summed E-state index contributed by atoms with van der Waals surface area (Å²) in [6.45, 7) is 0.433. The summed E-state index contributed by atoms with van der Waals surface area (Å²) in [4.78, 5) is 11.6. The Morgan fingerprint density at radius 2 is 2.26 bits per heavy atom. The number of nitrogens with one attached hydrogen (secondary N) is 1. The number of nitrogens with zero attached hydrogens (tertiary/aromatic N) is 2. The fourth-order valence-corrected chi connectivity index (χ4v) is 2.20. The average molecular weight is 288 g/mol. The quantitative estimate of drug-likeness (QED) is 0.658. The van der Waals surface area contributed by atoms with E-state index in [1.54, 1.807) is 4.68 Å². The van der Waals surface area contributed by atoms with Gasteiger partial charge in [-0.25, -0.2) is 8.42 Å². The van der Waals surface area contributed by atoms with Crippen LogP contribution in [0.25, 0.3) is 0 Å². The maximum Gasteiger partial charge on any atom is 0.236 e. The lowest BCUT2D eigenvalue weighted by Crippen LogP contribution is -2.42. The fraction of sp³-hybridized carbons (Fsp3) is 0.636. The highest BCUT2D eigenvalue weighted by Gasteiger charge is 2.15. The summed E-state index contributed by atoms with van der Waals surface area (Å²) in [6.07, 6.45) is 3.70. The van der Waals surface area contributed by atoms with E-state index in [0.29, 0.717) is 13.0 Å². The summed E-state index contributed by atoms with van der Waals surface area (Å²) in [5.74, 6) is -0.415. The van der Waals surface area contributed by atoms with Crippen LogP contribution in [-0.2, 0) is 28.1 Å². The van der Waals surface area contributed by atoms with Gasteiger partial charge in [0.15, 0.2) is 0 Å². The van der Waals surface area contributed by atoms with Crippen LogP contribution in [0.4, 0.5) is 0 Å². The second kappa shape index (κ2) is 6.67. The molecular weight excluding hydrogens is 268 g/mol. The SMILES string of the molecule is Cn1ccc(CCNC(=O)C(N)CCS(C)(=O)=O)n1. The van der Waals surface area contributed by atoms with Crippen LogP contribution in [0.3, 0.4) is 0 Å². The second-order valence-corrected chi connectivity index (χ2v) is 6.81. The molecule has 0 aromatic carbocycles. The van der Waals surface area contributed by atoms with Gasteiger partial charge in [0.2, 0.25) is 5.91 Å². The number of aryl methyl sites for hydroxylation is 1. The monoisotopic (exact) mass is 288 g/mol. The molecule has 1 atom stereocenters. The highest BCUT2D eigenvalue weighted by molar-refractivity contribution is 7.90. The molecule has 19 heavy (non-hydrogen) atoms. The van der Waals surface area contributed by atoms with E-state index >= 15 is 0 Å². The Morgan fingerprint density at radius 3 is 2.79 bits per heavy atom. The summed E-state index contributed by atoms with van der Waals surface area (Å²) in [5, 5.41) is 6.84. The van der Waals surface area contributed by atoms with Crippen LogP contribution in [0.15, 0.2) is 12.3 Å². The van der Waals surface area contributed by atoms with Crippen molar-refractivity contribution in [3.8, 4) is 0 Å². The molecule has 108 valence electrons. The van der Waals surface area contributed by atoms with Gasteiger partial charge in [-0.15, -0.1) is 0 Å². The minimum Gasteiger partial charge on any atom is -0.354 e. The molecule has 1 aromatic heterocycles. The summed E-state index contributed by atoms with van der Waals surface area (Å²) in [7, 11) is -1.26. The van der Waals surface area contributed by atoms with Crippen LogP contribution in [0.5, 0.6) is 0 Å². The zero-order valence-electron chi connectivity index (χ0n) is 11.2. The lowest BCUT2D eigenvalue weighted by molar-refractivity contribution is -0.122. The zero-order chi connectivity index (χ0) is 14.5. The Labute approximate surface area is 113 Å². The number of carbonyl (C=O) groups is 1. The van der Waals surface area contributed by atoms with Gasteiger partial charge in [0.25, 0.3) is 0 Å². The third kappa shape index (κ3) is 6.35. The Bertz CT molecular complexity index is 524. The van der Waals surface area contributed by atoms with E-state index in [4.69, 9.17) is 5.73 Å². The van der Waals surface area contributed by atoms with E-state index in [0.717, 1.165) is 11.9 Å². The molecule has 7 nitrogen and oxygen atoms in total. The summed E-state index contributed by atoms with van der Waals surface area (Å²) < 4.78 is 23.6. The van der Waals surface area contributed by atoms with Crippen molar-refractivity contribution in [2.45, 2.75) is 18.9 Å².